The van der Waals surface area contributed by atoms with Crippen molar-refractivity contribution < 1.29 is 34.8 Å². The first-order valence-electron chi connectivity index (χ1n) is 9.68. The van der Waals surface area contributed by atoms with Gasteiger partial charge in [-0.3, -0.25) is 19.3 Å². The second-order valence-corrected chi connectivity index (χ2v) is 8.50. The van der Waals surface area contributed by atoms with Crippen LogP contribution in [0.3, 0.4) is 0 Å². The lowest BCUT2D eigenvalue weighted by Gasteiger charge is -2.50. The van der Waals surface area contributed by atoms with Crippen LogP contribution in [0, 0.1) is 11.8 Å². The van der Waals surface area contributed by atoms with Crippen LogP contribution < -0.4 is 11.5 Å². The summed E-state index contributed by atoms with van der Waals surface area (Å²) in [5.74, 6) is -6.84. The summed E-state index contributed by atoms with van der Waals surface area (Å²) in [5.41, 5.74) is 7.70. The van der Waals surface area contributed by atoms with Gasteiger partial charge in [-0.2, -0.15) is 0 Å². The number of likely N-dealkylation sites (N-methyl/N-ethyl adjacent to an activating group) is 1. The molecule has 8 N–H and O–H groups in total. The van der Waals surface area contributed by atoms with E-state index in [1.807, 2.05) is 0 Å². The molecule has 1 aromatic carbocycles. The predicted octanol–water partition coefficient (Wildman–Crippen LogP) is -0.297. The minimum atomic E-state index is -2.64. The summed E-state index contributed by atoms with van der Waals surface area (Å²) < 4.78 is 0. The monoisotopic (exact) mass is 429 g/mol. The number of carbonyl (C=O) groups excluding carboxylic acids is 3. The van der Waals surface area contributed by atoms with Crippen LogP contribution >= 0.6 is 0 Å². The summed E-state index contributed by atoms with van der Waals surface area (Å²) in [6.07, 6.45) is 0.291. The lowest BCUT2D eigenvalue weighted by atomic mass is 9.58. The van der Waals surface area contributed by atoms with Crippen LogP contribution in [0.15, 0.2) is 34.8 Å². The SMILES string of the molecule is CN(C)[C@@H]1C(O)=C(C(N)=O)C(=O)[C@@]2(O)C(O)=C3C(=O)c4c(ccc(N)c4O)C[C@H]3C[C@H]12. The Morgan fingerprint density at radius 1 is 1.19 bits per heavy atom. The lowest BCUT2D eigenvalue weighted by molar-refractivity contribution is -0.148. The molecule has 31 heavy (non-hydrogen) atoms. The third-order valence-corrected chi connectivity index (χ3v) is 6.63. The number of aliphatic hydroxyl groups excluding tert-OH is 2. The summed E-state index contributed by atoms with van der Waals surface area (Å²) in [7, 11) is 3.16. The minimum absolute atomic E-state index is 0.0247. The van der Waals surface area contributed by atoms with E-state index in [-0.39, 0.29) is 29.7 Å². The van der Waals surface area contributed by atoms with Crippen LogP contribution in [0.2, 0.25) is 0 Å². The third kappa shape index (κ3) is 2.55. The van der Waals surface area contributed by atoms with E-state index < -0.39 is 63.8 Å². The first-order valence-corrected chi connectivity index (χ1v) is 9.68. The summed E-state index contributed by atoms with van der Waals surface area (Å²) >= 11 is 0. The number of Topliss-reactive ketones (excluding diaryl/α,β-unsaturated/α-hetero) is 2. The first-order chi connectivity index (χ1) is 14.4. The third-order valence-electron chi connectivity index (χ3n) is 6.63. The molecule has 0 aromatic heterocycles. The van der Waals surface area contributed by atoms with Crippen LogP contribution in [0.4, 0.5) is 5.69 Å². The largest absolute Gasteiger partial charge is 0.510 e. The number of aliphatic hydroxyl groups is 3. The standard InChI is InChI=1S/C21H23N3O7/c1-24(2)14-9-6-8-5-7-3-4-10(22)15(25)11(7)16(26)12(8)18(28)21(9,31)19(29)13(17(14)27)20(23)30/h3-4,8-9,14,25,27-28,31H,5-6,22H2,1-2H3,(H2,23,30)/t8-,9+,14-,21-/m0/s1. The zero-order valence-corrected chi connectivity index (χ0v) is 16.9. The molecule has 0 aliphatic heterocycles. The number of phenolic OH excluding ortho intramolecular Hbond substituents is 1. The van der Waals surface area contributed by atoms with Crippen molar-refractivity contribution in [2.24, 2.45) is 17.6 Å². The summed E-state index contributed by atoms with van der Waals surface area (Å²) in [6.45, 7) is 0. The molecule has 4 atom stereocenters. The van der Waals surface area contributed by atoms with Gasteiger partial charge in [0.15, 0.2) is 11.4 Å². The minimum Gasteiger partial charge on any atom is -0.510 e. The number of hydrogen-bond donors (Lipinski definition) is 6. The number of nitrogen functional groups attached to an aromatic ring is 1. The van der Waals surface area contributed by atoms with Crippen molar-refractivity contribution >= 4 is 23.2 Å². The average molecular weight is 429 g/mol. The molecule has 4 rings (SSSR count). The normalized spacial score (nSPS) is 30.3. The van der Waals surface area contributed by atoms with E-state index in [1.165, 1.54) is 11.0 Å². The van der Waals surface area contributed by atoms with Crippen molar-refractivity contribution in [3.8, 4) is 5.75 Å². The van der Waals surface area contributed by atoms with Gasteiger partial charge in [0.2, 0.25) is 5.78 Å². The summed E-state index contributed by atoms with van der Waals surface area (Å²) in [5, 5.41) is 43.5. The van der Waals surface area contributed by atoms with Crippen molar-refractivity contribution in [1.29, 1.82) is 0 Å². The molecule has 164 valence electrons. The van der Waals surface area contributed by atoms with Crippen molar-refractivity contribution in [3.05, 3.63) is 45.9 Å². The number of carbonyl (C=O) groups is 3. The van der Waals surface area contributed by atoms with Gasteiger partial charge >= 0.3 is 0 Å². The number of allylic oxidation sites excluding steroid dienone is 1. The van der Waals surface area contributed by atoms with Gasteiger partial charge in [0.05, 0.1) is 17.3 Å². The Hall–Kier alpha value is -3.37. The quantitative estimate of drug-likeness (QED) is 0.208. The van der Waals surface area contributed by atoms with E-state index in [4.69, 9.17) is 11.5 Å². The number of rotatable bonds is 2. The van der Waals surface area contributed by atoms with Crippen molar-refractivity contribution in [1.82, 2.24) is 4.90 Å². The van der Waals surface area contributed by atoms with E-state index in [0.29, 0.717) is 5.56 Å². The van der Waals surface area contributed by atoms with Crippen molar-refractivity contribution in [2.75, 3.05) is 19.8 Å². The van der Waals surface area contributed by atoms with Gasteiger partial charge in [0, 0.05) is 11.5 Å². The number of phenols is 1. The number of nitrogens with two attached hydrogens (primary N) is 2. The maximum absolute atomic E-state index is 13.2. The van der Waals surface area contributed by atoms with Gasteiger partial charge in [-0.1, -0.05) is 6.07 Å². The number of fused-ring (bicyclic) bond motifs is 3. The molecule has 0 radical (unpaired) electrons. The zero-order valence-electron chi connectivity index (χ0n) is 16.9. The number of hydrogen-bond acceptors (Lipinski definition) is 9. The molecule has 0 heterocycles. The van der Waals surface area contributed by atoms with Gasteiger partial charge in [-0.15, -0.1) is 0 Å². The highest BCUT2D eigenvalue weighted by molar-refractivity contribution is 6.24. The Balaban J connectivity index is 1.97. The number of nitrogens with zero attached hydrogens (tertiary/aromatic N) is 1. The number of ketones is 2. The van der Waals surface area contributed by atoms with Gasteiger partial charge in [0.25, 0.3) is 5.91 Å². The van der Waals surface area contributed by atoms with Gasteiger partial charge in [-0.25, -0.2) is 0 Å². The fraction of sp³-hybridized carbons (Fsp3) is 0.381. The number of primary amides is 1. The van der Waals surface area contributed by atoms with Crippen LogP contribution in [0.5, 0.6) is 5.75 Å². The number of benzene rings is 1. The van der Waals surface area contributed by atoms with Crippen LogP contribution in [-0.4, -0.2) is 68.5 Å². The Labute approximate surface area is 177 Å². The second-order valence-electron chi connectivity index (χ2n) is 8.50. The molecule has 10 nitrogen and oxygen atoms in total. The Bertz CT molecular complexity index is 1120. The van der Waals surface area contributed by atoms with E-state index in [2.05, 4.69) is 0 Å². The molecule has 0 fully saturated rings. The average Bonchev–Trinajstić information content (AvgIpc) is 2.67. The highest BCUT2D eigenvalue weighted by atomic mass is 16.3. The zero-order chi connectivity index (χ0) is 23.0. The fourth-order valence-electron chi connectivity index (χ4n) is 5.24. The molecule has 10 heteroatoms. The number of aromatic hydroxyl groups is 1. The maximum Gasteiger partial charge on any atom is 0.255 e. The molecular formula is C21H23N3O7. The van der Waals surface area contributed by atoms with Gasteiger partial charge in [-0.05, 0) is 44.5 Å². The number of amides is 1. The van der Waals surface area contributed by atoms with Crippen LogP contribution in [0.1, 0.15) is 22.3 Å². The van der Waals surface area contributed by atoms with E-state index in [0.717, 1.165) is 0 Å². The maximum atomic E-state index is 13.2. The number of anilines is 1. The predicted molar refractivity (Wildman–Crippen MR) is 108 cm³/mol. The smallest absolute Gasteiger partial charge is 0.255 e. The Kier molecular flexibility index (Phi) is 4.42. The molecular weight excluding hydrogens is 406 g/mol. The van der Waals surface area contributed by atoms with Crippen molar-refractivity contribution in [3.63, 3.8) is 0 Å². The molecule has 1 aromatic rings. The summed E-state index contributed by atoms with van der Waals surface area (Å²) in [4.78, 5) is 39.7. The van der Waals surface area contributed by atoms with E-state index >= 15 is 0 Å². The Morgan fingerprint density at radius 2 is 1.84 bits per heavy atom. The van der Waals surface area contributed by atoms with Crippen LogP contribution in [-0.2, 0) is 16.0 Å². The lowest BCUT2D eigenvalue weighted by Crippen LogP contribution is -2.63. The first kappa shape index (κ1) is 20.9. The highest BCUT2D eigenvalue weighted by Gasteiger charge is 2.63. The molecule has 0 saturated heterocycles. The highest BCUT2D eigenvalue weighted by Crippen LogP contribution is 2.52. The molecule has 3 aliphatic rings. The molecule has 0 unspecified atom stereocenters. The van der Waals surface area contributed by atoms with Crippen LogP contribution in [0.25, 0.3) is 0 Å². The second kappa shape index (κ2) is 6.56. The molecule has 3 aliphatic carbocycles. The summed E-state index contributed by atoms with van der Waals surface area (Å²) in [6, 6.07) is 2.06. The Morgan fingerprint density at radius 3 is 2.42 bits per heavy atom. The fourth-order valence-corrected chi connectivity index (χ4v) is 5.24. The molecule has 0 saturated carbocycles. The molecule has 0 spiro atoms. The topological polar surface area (TPSA) is 187 Å². The van der Waals surface area contributed by atoms with Gasteiger partial charge in [0.1, 0.15) is 22.8 Å². The molecule has 1 amide bonds. The van der Waals surface area contributed by atoms with Crippen molar-refractivity contribution in [2.45, 2.75) is 24.5 Å². The van der Waals surface area contributed by atoms with Gasteiger partial charge < -0.3 is 31.9 Å². The molecule has 0 bridgehead atoms. The van der Waals surface area contributed by atoms with E-state index in [1.54, 1.807) is 20.2 Å². The van der Waals surface area contributed by atoms with E-state index in [9.17, 15) is 34.8 Å².